The summed E-state index contributed by atoms with van der Waals surface area (Å²) in [6, 6.07) is 0.388. The summed E-state index contributed by atoms with van der Waals surface area (Å²) < 4.78 is 2.20. The first-order valence-corrected chi connectivity index (χ1v) is 9.44. The number of nitrogens with one attached hydrogen (secondary N) is 1. The van der Waals surface area contributed by atoms with Gasteiger partial charge < -0.3 is 9.88 Å². The van der Waals surface area contributed by atoms with E-state index in [9.17, 15) is 4.79 Å². The molecule has 1 aromatic heterocycles. The Kier molecular flexibility index (Phi) is 5.89. The maximum atomic E-state index is 12.4. The van der Waals surface area contributed by atoms with Crippen molar-refractivity contribution in [2.45, 2.75) is 64.7 Å². The summed E-state index contributed by atoms with van der Waals surface area (Å²) in [4.78, 5) is 21.7. The van der Waals surface area contributed by atoms with Gasteiger partial charge in [0.25, 0.3) is 0 Å². The lowest BCUT2D eigenvalue weighted by Crippen LogP contribution is -2.54. The molecule has 24 heavy (non-hydrogen) atoms. The molecule has 1 aliphatic heterocycles. The van der Waals surface area contributed by atoms with Crippen LogP contribution in [-0.2, 0) is 17.9 Å². The van der Waals surface area contributed by atoms with Gasteiger partial charge in [-0.2, -0.15) is 0 Å². The Bertz CT molecular complexity index is 529. The molecule has 134 valence electrons. The largest absolute Gasteiger partial charge is 0.352 e. The van der Waals surface area contributed by atoms with Crippen molar-refractivity contribution < 1.29 is 4.79 Å². The molecule has 1 amide bonds. The number of carbonyl (C=O) groups is 1. The van der Waals surface area contributed by atoms with E-state index in [1.54, 1.807) is 0 Å². The zero-order valence-electron chi connectivity index (χ0n) is 15.1. The van der Waals surface area contributed by atoms with E-state index in [1.165, 1.54) is 12.8 Å². The van der Waals surface area contributed by atoms with Crippen molar-refractivity contribution in [3.8, 4) is 0 Å². The molecule has 0 radical (unpaired) electrons. The Labute approximate surface area is 145 Å². The molecule has 2 heterocycles. The Hall–Kier alpha value is -1.40. The molecule has 6 heteroatoms. The van der Waals surface area contributed by atoms with Gasteiger partial charge >= 0.3 is 0 Å². The minimum Gasteiger partial charge on any atom is -0.352 e. The third kappa shape index (κ3) is 4.16. The fourth-order valence-electron chi connectivity index (χ4n) is 3.85. The van der Waals surface area contributed by atoms with Crippen LogP contribution in [0, 0.1) is 0 Å². The number of piperazine rings is 1. The standard InChI is InChI=1S/C18H31N5O/c1-3-22-9-8-19-17(22)14-21-10-12-23(13-11-21)15(2)18(24)20-16-6-4-5-7-16/h8-9,15-16H,3-7,10-14H2,1-2H3,(H,20,24)/t15-/m1/s1. The first-order valence-electron chi connectivity index (χ1n) is 9.44. The molecule has 6 nitrogen and oxygen atoms in total. The third-order valence-corrected chi connectivity index (χ3v) is 5.54. The lowest BCUT2D eigenvalue weighted by Gasteiger charge is -2.37. The molecule has 0 aromatic carbocycles. The number of hydrogen-bond donors (Lipinski definition) is 1. The second-order valence-electron chi connectivity index (χ2n) is 7.11. The number of aryl methyl sites for hydroxylation is 1. The van der Waals surface area contributed by atoms with E-state index in [1.807, 2.05) is 19.3 Å². The van der Waals surface area contributed by atoms with Crippen LogP contribution < -0.4 is 5.32 Å². The summed E-state index contributed by atoms with van der Waals surface area (Å²) in [5.74, 6) is 1.34. The molecule has 1 N–H and O–H groups in total. The minimum atomic E-state index is -0.0228. The maximum Gasteiger partial charge on any atom is 0.237 e. The van der Waals surface area contributed by atoms with Crippen LogP contribution in [0.5, 0.6) is 0 Å². The number of hydrogen-bond acceptors (Lipinski definition) is 4. The summed E-state index contributed by atoms with van der Waals surface area (Å²) >= 11 is 0. The van der Waals surface area contributed by atoms with Gasteiger partial charge in [0, 0.05) is 51.2 Å². The van der Waals surface area contributed by atoms with E-state index in [-0.39, 0.29) is 11.9 Å². The normalized spacial score (nSPS) is 21.9. The first-order chi connectivity index (χ1) is 11.7. The van der Waals surface area contributed by atoms with Gasteiger partial charge in [-0.05, 0) is 26.7 Å². The van der Waals surface area contributed by atoms with Crippen LogP contribution in [0.15, 0.2) is 12.4 Å². The van der Waals surface area contributed by atoms with Crippen LogP contribution in [0.2, 0.25) is 0 Å². The van der Waals surface area contributed by atoms with Crippen molar-refractivity contribution in [2.24, 2.45) is 0 Å². The van der Waals surface area contributed by atoms with E-state index < -0.39 is 0 Å². The highest BCUT2D eigenvalue weighted by atomic mass is 16.2. The maximum absolute atomic E-state index is 12.4. The highest BCUT2D eigenvalue weighted by molar-refractivity contribution is 5.81. The van der Waals surface area contributed by atoms with Crippen molar-refractivity contribution in [1.29, 1.82) is 0 Å². The number of carbonyl (C=O) groups excluding carboxylic acids is 1. The fraction of sp³-hybridized carbons (Fsp3) is 0.778. The van der Waals surface area contributed by atoms with Crippen molar-refractivity contribution in [3.63, 3.8) is 0 Å². The number of amides is 1. The van der Waals surface area contributed by atoms with Crippen LogP contribution in [0.1, 0.15) is 45.4 Å². The molecule has 1 atom stereocenters. The van der Waals surface area contributed by atoms with Gasteiger partial charge in [0.2, 0.25) is 5.91 Å². The van der Waals surface area contributed by atoms with Crippen molar-refractivity contribution >= 4 is 5.91 Å². The number of nitrogens with zero attached hydrogens (tertiary/aromatic N) is 4. The zero-order chi connectivity index (χ0) is 16.9. The van der Waals surface area contributed by atoms with Gasteiger partial charge in [-0.25, -0.2) is 4.98 Å². The predicted octanol–water partition coefficient (Wildman–Crippen LogP) is 1.47. The van der Waals surface area contributed by atoms with Crippen LogP contribution >= 0.6 is 0 Å². The van der Waals surface area contributed by atoms with Crippen LogP contribution in [0.4, 0.5) is 0 Å². The second-order valence-corrected chi connectivity index (χ2v) is 7.11. The highest BCUT2D eigenvalue weighted by Gasteiger charge is 2.27. The highest BCUT2D eigenvalue weighted by Crippen LogP contribution is 2.18. The van der Waals surface area contributed by atoms with Crippen molar-refractivity contribution in [2.75, 3.05) is 26.2 Å². The Morgan fingerprint density at radius 2 is 2.00 bits per heavy atom. The van der Waals surface area contributed by atoms with Crippen molar-refractivity contribution in [1.82, 2.24) is 24.7 Å². The molecule has 2 aliphatic rings. The van der Waals surface area contributed by atoms with E-state index in [2.05, 4.69) is 31.6 Å². The monoisotopic (exact) mass is 333 g/mol. The topological polar surface area (TPSA) is 53.4 Å². The molecular weight excluding hydrogens is 302 g/mol. The lowest BCUT2D eigenvalue weighted by atomic mass is 10.2. The fourth-order valence-corrected chi connectivity index (χ4v) is 3.85. The summed E-state index contributed by atoms with van der Waals surface area (Å²) in [6.45, 7) is 9.95. The summed E-state index contributed by atoms with van der Waals surface area (Å²) in [6.07, 6.45) is 8.73. The van der Waals surface area contributed by atoms with Gasteiger partial charge in [0.15, 0.2) is 0 Å². The first kappa shape index (κ1) is 17.4. The number of imidazole rings is 1. The summed E-state index contributed by atoms with van der Waals surface area (Å²) in [5.41, 5.74) is 0. The van der Waals surface area contributed by atoms with Crippen LogP contribution in [0.3, 0.4) is 0 Å². The summed E-state index contributed by atoms with van der Waals surface area (Å²) in [5, 5.41) is 3.23. The molecule has 1 aliphatic carbocycles. The van der Waals surface area contributed by atoms with Gasteiger partial charge in [0.1, 0.15) is 5.82 Å². The molecule has 0 unspecified atom stereocenters. The Morgan fingerprint density at radius 3 is 2.67 bits per heavy atom. The van der Waals surface area contributed by atoms with E-state index >= 15 is 0 Å². The van der Waals surface area contributed by atoms with Gasteiger partial charge in [-0.1, -0.05) is 12.8 Å². The number of aromatic nitrogens is 2. The second kappa shape index (κ2) is 8.12. The Balaban J connectivity index is 1.44. The quantitative estimate of drug-likeness (QED) is 0.856. The zero-order valence-corrected chi connectivity index (χ0v) is 15.1. The molecule has 1 saturated heterocycles. The van der Waals surface area contributed by atoms with Gasteiger partial charge in [-0.3, -0.25) is 14.6 Å². The smallest absolute Gasteiger partial charge is 0.237 e. The average Bonchev–Trinajstić information content (AvgIpc) is 3.26. The van der Waals surface area contributed by atoms with E-state index in [0.29, 0.717) is 6.04 Å². The van der Waals surface area contributed by atoms with Crippen molar-refractivity contribution in [3.05, 3.63) is 18.2 Å². The minimum absolute atomic E-state index is 0.0228. The number of rotatable bonds is 6. The van der Waals surface area contributed by atoms with Gasteiger partial charge in [0.05, 0.1) is 12.6 Å². The molecule has 0 spiro atoms. The average molecular weight is 333 g/mol. The third-order valence-electron chi connectivity index (χ3n) is 5.54. The Morgan fingerprint density at radius 1 is 1.29 bits per heavy atom. The lowest BCUT2D eigenvalue weighted by molar-refractivity contribution is -0.127. The molecule has 1 aromatic rings. The van der Waals surface area contributed by atoms with E-state index in [0.717, 1.165) is 57.9 Å². The molecule has 1 saturated carbocycles. The van der Waals surface area contributed by atoms with Crippen LogP contribution in [-0.4, -0.2) is 63.5 Å². The molecule has 0 bridgehead atoms. The van der Waals surface area contributed by atoms with E-state index in [4.69, 9.17) is 0 Å². The molecule has 3 rings (SSSR count). The summed E-state index contributed by atoms with van der Waals surface area (Å²) in [7, 11) is 0. The SMILES string of the molecule is CCn1ccnc1CN1CCN([C@H](C)C(=O)NC2CCCC2)CC1. The van der Waals surface area contributed by atoms with Gasteiger partial charge in [-0.15, -0.1) is 0 Å². The van der Waals surface area contributed by atoms with Crippen LogP contribution in [0.25, 0.3) is 0 Å². The molecule has 2 fully saturated rings. The molecular formula is C18H31N5O. The predicted molar refractivity (Wildman–Crippen MR) is 94.6 cm³/mol.